The Bertz CT molecular complexity index is 592. The Morgan fingerprint density at radius 2 is 2.21 bits per heavy atom. The van der Waals surface area contributed by atoms with Crippen LogP contribution in [0.3, 0.4) is 0 Å². The highest BCUT2D eigenvalue weighted by molar-refractivity contribution is 5.82. The summed E-state index contributed by atoms with van der Waals surface area (Å²) in [5, 5.41) is 9.09. The third-order valence-corrected chi connectivity index (χ3v) is 2.03. The Morgan fingerprint density at radius 1 is 1.43 bits per heavy atom. The number of hydrogen-bond donors (Lipinski definition) is 2. The standard InChI is InChI=1S/C10H7N3O/c11-4-6-5-13-9-2-1-7(12)3-8(9)10(6)14/h1-3,5H,12H2,(H,13,14). The molecule has 0 saturated heterocycles. The molecule has 0 amide bonds. The van der Waals surface area contributed by atoms with Crippen LogP contribution in [0.4, 0.5) is 5.69 Å². The van der Waals surface area contributed by atoms with Crippen molar-refractivity contribution in [2.45, 2.75) is 0 Å². The summed E-state index contributed by atoms with van der Waals surface area (Å²) in [5.41, 5.74) is 6.56. The predicted molar refractivity (Wildman–Crippen MR) is 53.7 cm³/mol. The third-order valence-electron chi connectivity index (χ3n) is 2.03. The van der Waals surface area contributed by atoms with Gasteiger partial charge < -0.3 is 10.7 Å². The fourth-order valence-electron chi connectivity index (χ4n) is 1.32. The van der Waals surface area contributed by atoms with Crippen LogP contribution in [-0.2, 0) is 0 Å². The molecule has 68 valence electrons. The van der Waals surface area contributed by atoms with Gasteiger partial charge in [0.05, 0.1) is 0 Å². The molecule has 4 heteroatoms. The zero-order chi connectivity index (χ0) is 10.1. The number of fused-ring (bicyclic) bond motifs is 1. The molecule has 0 aliphatic rings. The van der Waals surface area contributed by atoms with Gasteiger partial charge >= 0.3 is 0 Å². The van der Waals surface area contributed by atoms with Gasteiger partial charge in [0.2, 0.25) is 5.43 Å². The maximum atomic E-state index is 11.6. The van der Waals surface area contributed by atoms with Gasteiger partial charge in [-0.2, -0.15) is 5.26 Å². The summed E-state index contributed by atoms with van der Waals surface area (Å²) in [6.07, 6.45) is 1.40. The zero-order valence-electron chi connectivity index (χ0n) is 7.24. The first-order valence-electron chi connectivity index (χ1n) is 4.03. The predicted octanol–water partition coefficient (Wildman–Crippen LogP) is 0.982. The van der Waals surface area contributed by atoms with E-state index in [1.54, 1.807) is 18.2 Å². The number of nitrogens with zero attached hydrogens (tertiary/aromatic N) is 1. The lowest BCUT2D eigenvalue weighted by Gasteiger charge is -1.98. The summed E-state index contributed by atoms with van der Waals surface area (Å²) in [4.78, 5) is 14.5. The van der Waals surface area contributed by atoms with Gasteiger partial charge in [0, 0.05) is 22.8 Å². The lowest BCUT2D eigenvalue weighted by atomic mass is 10.1. The summed E-state index contributed by atoms with van der Waals surface area (Å²) < 4.78 is 0. The maximum Gasteiger partial charge on any atom is 0.207 e. The number of nitriles is 1. The van der Waals surface area contributed by atoms with E-state index in [2.05, 4.69) is 4.98 Å². The lowest BCUT2D eigenvalue weighted by Crippen LogP contribution is -2.07. The summed E-state index contributed by atoms with van der Waals surface area (Å²) in [6.45, 7) is 0. The minimum absolute atomic E-state index is 0.100. The van der Waals surface area contributed by atoms with Gasteiger partial charge in [0.1, 0.15) is 11.6 Å². The highest BCUT2D eigenvalue weighted by Gasteiger charge is 2.03. The molecule has 1 heterocycles. The largest absolute Gasteiger partial charge is 0.399 e. The first-order valence-corrected chi connectivity index (χ1v) is 4.03. The number of anilines is 1. The quantitative estimate of drug-likeness (QED) is 0.600. The number of nitrogens with one attached hydrogen (secondary N) is 1. The summed E-state index contributed by atoms with van der Waals surface area (Å²) >= 11 is 0. The van der Waals surface area contributed by atoms with Gasteiger partial charge in [0.15, 0.2) is 0 Å². The van der Waals surface area contributed by atoms with E-state index >= 15 is 0 Å². The van der Waals surface area contributed by atoms with E-state index < -0.39 is 0 Å². The van der Waals surface area contributed by atoms with Crippen LogP contribution in [0, 0.1) is 11.3 Å². The minimum Gasteiger partial charge on any atom is -0.399 e. The van der Waals surface area contributed by atoms with E-state index in [1.807, 2.05) is 6.07 Å². The lowest BCUT2D eigenvalue weighted by molar-refractivity contribution is 1.34. The van der Waals surface area contributed by atoms with Crippen molar-refractivity contribution in [2.24, 2.45) is 0 Å². The molecule has 0 saturated carbocycles. The Morgan fingerprint density at radius 3 is 2.93 bits per heavy atom. The molecule has 0 spiro atoms. The van der Waals surface area contributed by atoms with Crippen molar-refractivity contribution in [3.8, 4) is 6.07 Å². The molecular formula is C10H7N3O. The number of benzene rings is 1. The Balaban J connectivity index is 2.96. The first-order chi connectivity index (χ1) is 6.72. The van der Waals surface area contributed by atoms with Crippen molar-refractivity contribution in [3.05, 3.63) is 40.2 Å². The molecular weight excluding hydrogens is 178 g/mol. The topological polar surface area (TPSA) is 82.7 Å². The van der Waals surface area contributed by atoms with Crippen LogP contribution in [0.15, 0.2) is 29.2 Å². The van der Waals surface area contributed by atoms with Crippen molar-refractivity contribution in [1.82, 2.24) is 4.98 Å². The van der Waals surface area contributed by atoms with Crippen LogP contribution in [0.1, 0.15) is 5.56 Å². The maximum absolute atomic E-state index is 11.6. The number of aromatic nitrogens is 1. The normalized spacial score (nSPS) is 9.93. The average Bonchev–Trinajstić information content (AvgIpc) is 2.20. The van der Waals surface area contributed by atoms with Crippen molar-refractivity contribution in [2.75, 3.05) is 5.73 Å². The molecule has 0 radical (unpaired) electrons. The second-order valence-corrected chi connectivity index (χ2v) is 2.95. The second-order valence-electron chi connectivity index (χ2n) is 2.95. The second kappa shape index (κ2) is 2.89. The third kappa shape index (κ3) is 1.12. The number of nitrogen functional groups attached to an aromatic ring is 1. The van der Waals surface area contributed by atoms with Crippen molar-refractivity contribution >= 4 is 16.6 Å². The fourth-order valence-corrected chi connectivity index (χ4v) is 1.32. The van der Waals surface area contributed by atoms with E-state index in [1.165, 1.54) is 6.20 Å². The van der Waals surface area contributed by atoms with Crippen molar-refractivity contribution < 1.29 is 0 Å². The van der Waals surface area contributed by atoms with Crippen LogP contribution >= 0.6 is 0 Å². The van der Waals surface area contributed by atoms with E-state index in [0.717, 1.165) is 0 Å². The first kappa shape index (κ1) is 8.32. The highest BCUT2D eigenvalue weighted by atomic mass is 16.1. The van der Waals surface area contributed by atoms with Gasteiger partial charge in [-0.1, -0.05) is 0 Å². The van der Waals surface area contributed by atoms with Gasteiger partial charge in [0.25, 0.3) is 0 Å². The van der Waals surface area contributed by atoms with Crippen molar-refractivity contribution in [1.29, 1.82) is 5.26 Å². The van der Waals surface area contributed by atoms with E-state index in [9.17, 15) is 4.79 Å². The number of pyridine rings is 1. The molecule has 0 aliphatic carbocycles. The average molecular weight is 185 g/mol. The molecule has 2 aromatic rings. The molecule has 1 aromatic heterocycles. The van der Waals surface area contributed by atoms with E-state index in [4.69, 9.17) is 11.0 Å². The van der Waals surface area contributed by atoms with Gasteiger partial charge in [-0.15, -0.1) is 0 Å². The van der Waals surface area contributed by atoms with Gasteiger partial charge in [-0.05, 0) is 18.2 Å². The van der Waals surface area contributed by atoms with Crippen LogP contribution in [0.2, 0.25) is 0 Å². The minimum atomic E-state index is -0.284. The number of rotatable bonds is 0. The number of nitrogens with two attached hydrogens (primary N) is 1. The van der Waals surface area contributed by atoms with Crippen LogP contribution in [0.25, 0.3) is 10.9 Å². The highest BCUT2D eigenvalue weighted by Crippen LogP contribution is 2.11. The van der Waals surface area contributed by atoms with Crippen LogP contribution in [0.5, 0.6) is 0 Å². The Kier molecular flexibility index (Phi) is 1.72. The zero-order valence-corrected chi connectivity index (χ0v) is 7.24. The molecule has 0 atom stereocenters. The summed E-state index contributed by atoms with van der Waals surface area (Å²) in [5.74, 6) is 0. The smallest absolute Gasteiger partial charge is 0.207 e. The molecule has 1 aromatic carbocycles. The Hall–Kier alpha value is -2.28. The SMILES string of the molecule is N#Cc1c[nH]c2ccc(N)cc2c1=O. The van der Waals surface area contributed by atoms with E-state index in [0.29, 0.717) is 16.6 Å². The molecule has 0 fully saturated rings. The molecule has 14 heavy (non-hydrogen) atoms. The molecule has 0 aliphatic heterocycles. The molecule has 4 nitrogen and oxygen atoms in total. The summed E-state index contributed by atoms with van der Waals surface area (Å²) in [7, 11) is 0. The van der Waals surface area contributed by atoms with Gasteiger partial charge in [-0.25, -0.2) is 0 Å². The fraction of sp³-hybridized carbons (Fsp3) is 0. The number of hydrogen-bond acceptors (Lipinski definition) is 3. The Labute approximate surface area is 79.6 Å². The van der Waals surface area contributed by atoms with E-state index in [-0.39, 0.29) is 11.0 Å². The van der Waals surface area contributed by atoms with Crippen LogP contribution < -0.4 is 11.2 Å². The molecule has 0 bridgehead atoms. The summed E-state index contributed by atoms with van der Waals surface area (Å²) in [6, 6.07) is 6.80. The number of aromatic amines is 1. The molecule has 0 unspecified atom stereocenters. The monoisotopic (exact) mass is 185 g/mol. The van der Waals surface area contributed by atoms with Crippen LogP contribution in [-0.4, -0.2) is 4.98 Å². The van der Waals surface area contributed by atoms with Crippen molar-refractivity contribution in [3.63, 3.8) is 0 Å². The molecule has 3 N–H and O–H groups in total. The number of H-pyrrole nitrogens is 1. The van der Waals surface area contributed by atoms with Gasteiger partial charge in [-0.3, -0.25) is 4.79 Å². The molecule has 2 rings (SSSR count).